The number of fused-ring (bicyclic) bond motifs is 1. The largest absolute Gasteiger partial charge is 0.507 e. The molecule has 1 fully saturated rings. The van der Waals surface area contributed by atoms with Crippen LogP contribution in [-0.2, 0) is 9.59 Å². The Morgan fingerprint density at radius 1 is 1.02 bits per heavy atom. The molecule has 9 heteroatoms. The lowest BCUT2D eigenvalue weighted by Gasteiger charge is -2.23. The number of nitrogens with zero attached hydrogens (tertiary/aromatic N) is 2. The maximum absolute atomic E-state index is 13.9. The molecule has 0 radical (unpaired) electrons. The van der Waals surface area contributed by atoms with Gasteiger partial charge in [0.1, 0.15) is 23.1 Å². The summed E-state index contributed by atoms with van der Waals surface area (Å²) in [6.45, 7) is 7.29. The molecule has 1 aromatic heterocycles. The first-order valence-electron chi connectivity index (χ1n) is 13.6. The molecule has 1 aliphatic rings. The van der Waals surface area contributed by atoms with E-state index in [4.69, 9.17) is 9.47 Å². The maximum Gasteiger partial charge on any atom is 0.301 e. The molecule has 1 amide bonds. The number of aliphatic hydroxyl groups excluding tert-OH is 1. The number of hydrogen-bond donors (Lipinski definition) is 1. The minimum atomic E-state index is -0.981. The van der Waals surface area contributed by atoms with Gasteiger partial charge in [-0.15, -0.1) is 0 Å². The van der Waals surface area contributed by atoms with Gasteiger partial charge >= 0.3 is 5.91 Å². The van der Waals surface area contributed by atoms with Crippen molar-refractivity contribution in [3.8, 4) is 11.5 Å². The van der Waals surface area contributed by atoms with Gasteiger partial charge in [-0.05, 0) is 78.9 Å². The lowest BCUT2D eigenvalue weighted by molar-refractivity contribution is -0.132. The Morgan fingerprint density at radius 2 is 1.78 bits per heavy atom. The van der Waals surface area contributed by atoms with Gasteiger partial charge in [0.2, 0.25) is 0 Å². The Bertz CT molecular complexity index is 1610. The number of aromatic nitrogens is 1. The molecule has 41 heavy (non-hydrogen) atoms. The Balaban J connectivity index is 1.61. The first-order chi connectivity index (χ1) is 19.8. The summed E-state index contributed by atoms with van der Waals surface area (Å²) in [4.78, 5) is 32.9. The van der Waals surface area contributed by atoms with Crippen LogP contribution < -0.4 is 14.4 Å². The number of benzene rings is 3. The molecule has 1 aliphatic heterocycles. The van der Waals surface area contributed by atoms with E-state index in [0.29, 0.717) is 52.0 Å². The van der Waals surface area contributed by atoms with Crippen molar-refractivity contribution in [1.82, 2.24) is 4.98 Å². The summed E-state index contributed by atoms with van der Waals surface area (Å²) in [7, 11) is 0. The molecule has 0 bridgehead atoms. The lowest BCUT2D eigenvalue weighted by atomic mass is 9.95. The molecule has 1 N–H and O–H groups in total. The first-order valence-corrected chi connectivity index (χ1v) is 14.4. The molecular weight excluding hydrogens is 543 g/mol. The molecule has 1 saturated heterocycles. The van der Waals surface area contributed by atoms with Crippen LogP contribution in [0.3, 0.4) is 0 Å². The molecule has 0 spiro atoms. The molecule has 7 nitrogen and oxygen atoms in total. The predicted octanol–water partition coefficient (Wildman–Crippen LogP) is 7.28. The summed E-state index contributed by atoms with van der Waals surface area (Å²) in [6.07, 6.45) is 1.72. The van der Waals surface area contributed by atoms with Gasteiger partial charge in [0.05, 0.1) is 35.0 Å². The second kappa shape index (κ2) is 12.1. The van der Waals surface area contributed by atoms with Crippen LogP contribution in [-0.4, -0.2) is 35.0 Å². The topological polar surface area (TPSA) is 89.0 Å². The first kappa shape index (κ1) is 28.3. The van der Waals surface area contributed by atoms with Crippen molar-refractivity contribution in [2.24, 2.45) is 5.92 Å². The lowest BCUT2D eigenvalue weighted by Crippen LogP contribution is -2.29. The monoisotopic (exact) mass is 574 g/mol. The van der Waals surface area contributed by atoms with Gasteiger partial charge in [0.25, 0.3) is 5.78 Å². The number of carbonyl (C=O) groups is 2. The number of halogens is 1. The minimum Gasteiger partial charge on any atom is -0.507 e. The molecule has 1 atom stereocenters. The van der Waals surface area contributed by atoms with Crippen molar-refractivity contribution in [3.63, 3.8) is 0 Å². The molecule has 4 aromatic rings. The highest BCUT2D eigenvalue weighted by atomic mass is 32.1. The van der Waals surface area contributed by atoms with E-state index in [1.807, 2.05) is 13.0 Å². The molecular formula is C32H31FN2O5S. The summed E-state index contributed by atoms with van der Waals surface area (Å²) in [6, 6.07) is 17.0. The van der Waals surface area contributed by atoms with Crippen molar-refractivity contribution < 1.29 is 28.6 Å². The highest BCUT2D eigenvalue weighted by molar-refractivity contribution is 7.22. The summed E-state index contributed by atoms with van der Waals surface area (Å²) < 4.78 is 26.1. The Hall–Kier alpha value is -4.24. The van der Waals surface area contributed by atoms with Crippen molar-refractivity contribution in [2.75, 3.05) is 18.1 Å². The summed E-state index contributed by atoms with van der Waals surface area (Å²) in [5.41, 5.74) is 1.37. The molecule has 0 aliphatic carbocycles. The quantitative estimate of drug-likeness (QED) is 0.122. The smallest absolute Gasteiger partial charge is 0.301 e. The van der Waals surface area contributed by atoms with E-state index < -0.39 is 23.5 Å². The van der Waals surface area contributed by atoms with Gasteiger partial charge < -0.3 is 14.6 Å². The van der Waals surface area contributed by atoms with Crippen LogP contribution in [0.15, 0.2) is 72.3 Å². The third-order valence-electron chi connectivity index (χ3n) is 6.73. The van der Waals surface area contributed by atoms with Gasteiger partial charge in [0.15, 0.2) is 5.13 Å². The minimum absolute atomic E-state index is 0.0676. The number of ketones is 1. The zero-order chi connectivity index (χ0) is 29.1. The summed E-state index contributed by atoms with van der Waals surface area (Å²) >= 11 is 1.10. The molecule has 0 saturated carbocycles. The zero-order valence-electron chi connectivity index (χ0n) is 23.1. The zero-order valence-corrected chi connectivity index (χ0v) is 23.9. The highest BCUT2D eigenvalue weighted by Gasteiger charge is 2.48. The predicted molar refractivity (Wildman–Crippen MR) is 158 cm³/mol. The molecule has 212 valence electrons. The third-order valence-corrected chi connectivity index (χ3v) is 7.75. The van der Waals surface area contributed by atoms with Crippen LogP contribution >= 0.6 is 11.3 Å². The molecule has 5 rings (SSSR count). The van der Waals surface area contributed by atoms with Gasteiger partial charge in [-0.1, -0.05) is 44.2 Å². The van der Waals surface area contributed by atoms with E-state index in [2.05, 4.69) is 18.8 Å². The van der Waals surface area contributed by atoms with Crippen molar-refractivity contribution in [1.29, 1.82) is 0 Å². The summed E-state index contributed by atoms with van der Waals surface area (Å²) in [5, 5.41) is 11.7. The number of Topliss-reactive ketones (excluding diaryl/α,β-unsaturated/α-hetero) is 1. The van der Waals surface area contributed by atoms with Crippen LogP contribution in [0.5, 0.6) is 11.5 Å². The molecule has 3 aromatic carbocycles. The van der Waals surface area contributed by atoms with Crippen LogP contribution in [0.4, 0.5) is 9.52 Å². The van der Waals surface area contributed by atoms with Crippen molar-refractivity contribution in [3.05, 3.63) is 89.2 Å². The van der Waals surface area contributed by atoms with Gasteiger partial charge in [0, 0.05) is 5.56 Å². The van der Waals surface area contributed by atoms with Gasteiger partial charge in [-0.2, -0.15) is 0 Å². The second-order valence-corrected chi connectivity index (χ2v) is 11.3. The number of anilines is 1. The average Bonchev–Trinajstić information content (AvgIpc) is 3.49. The number of carbonyl (C=O) groups excluding carboxylic acids is 2. The number of rotatable bonds is 10. The number of amides is 1. The van der Waals surface area contributed by atoms with Gasteiger partial charge in [-0.25, -0.2) is 9.37 Å². The fraction of sp³-hybridized carbons (Fsp3) is 0.281. The van der Waals surface area contributed by atoms with Crippen LogP contribution in [0.1, 0.15) is 50.8 Å². The number of aliphatic hydroxyl groups is 1. The Morgan fingerprint density at radius 3 is 2.51 bits per heavy atom. The Kier molecular flexibility index (Phi) is 8.35. The highest BCUT2D eigenvalue weighted by Crippen LogP contribution is 2.45. The van der Waals surface area contributed by atoms with Gasteiger partial charge in [-0.3, -0.25) is 14.5 Å². The van der Waals surface area contributed by atoms with Crippen LogP contribution in [0.25, 0.3) is 16.0 Å². The average molecular weight is 575 g/mol. The van der Waals surface area contributed by atoms with E-state index in [9.17, 15) is 19.1 Å². The van der Waals surface area contributed by atoms with Crippen LogP contribution in [0, 0.1) is 11.7 Å². The number of thiazole rings is 1. The fourth-order valence-electron chi connectivity index (χ4n) is 4.61. The summed E-state index contributed by atoms with van der Waals surface area (Å²) in [5.74, 6) is -0.723. The Labute approximate surface area is 241 Å². The number of hydrogen-bond acceptors (Lipinski definition) is 7. The molecule has 2 heterocycles. The van der Waals surface area contributed by atoms with E-state index in [1.54, 1.807) is 42.5 Å². The standard InChI is InChI=1S/C32H31FN2O5S/c1-4-15-39-23-11-8-20(9-12-23)29(36)27-28(21-6-5-7-24(17-21)40-16-14-19(2)3)35(31(38)30(27)37)32-34-25-13-10-22(33)18-26(25)41-32/h5-13,17-19,28,36H,4,14-16H2,1-3H3. The van der Waals surface area contributed by atoms with E-state index >= 15 is 0 Å². The van der Waals surface area contributed by atoms with E-state index in [-0.39, 0.29) is 16.5 Å². The van der Waals surface area contributed by atoms with Crippen LogP contribution in [0.2, 0.25) is 0 Å². The maximum atomic E-state index is 13.9. The normalized spacial score (nSPS) is 16.6. The van der Waals surface area contributed by atoms with E-state index in [0.717, 1.165) is 24.2 Å². The van der Waals surface area contributed by atoms with Crippen molar-refractivity contribution >= 4 is 44.1 Å². The SMILES string of the molecule is CCCOc1ccc(C(O)=C2C(=O)C(=O)N(c3nc4ccc(F)cc4s3)C2c2cccc(OCCC(C)C)c2)cc1. The van der Waals surface area contributed by atoms with Crippen molar-refractivity contribution in [2.45, 2.75) is 39.7 Å². The number of ether oxygens (including phenoxy) is 2. The van der Waals surface area contributed by atoms with E-state index in [1.165, 1.54) is 23.1 Å². The fourth-order valence-corrected chi connectivity index (χ4v) is 5.62. The third kappa shape index (κ3) is 5.95. The molecule has 1 unspecified atom stereocenters. The second-order valence-electron chi connectivity index (χ2n) is 10.3.